The lowest BCUT2D eigenvalue weighted by Crippen LogP contribution is -2.02. The Hall–Kier alpha value is -2.93. The minimum absolute atomic E-state index is 0.126. The summed E-state index contributed by atoms with van der Waals surface area (Å²) in [5.74, 6) is 0.0668. The third-order valence-corrected chi connectivity index (χ3v) is 5.25. The summed E-state index contributed by atoms with van der Waals surface area (Å²) in [7, 11) is 1.66. The Labute approximate surface area is 176 Å². The van der Waals surface area contributed by atoms with Crippen LogP contribution in [0.15, 0.2) is 36.4 Å². The van der Waals surface area contributed by atoms with E-state index in [1.54, 1.807) is 7.11 Å². The number of carbonyl (C=O) groups is 1. The standard InChI is InChI=1S/C23H29N3O4/c1-17-19(9-13-22(27)28)8-12-21-23(17)24-25-26(21)14-4-3-5-15-30-16-18-6-10-20(29-2)11-7-18/h6-8,10-12H,3-5,9,13-16H2,1-2H3,(H,27,28). The largest absolute Gasteiger partial charge is 0.497 e. The fourth-order valence-corrected chi connectivity index (χ4v) is 3.44. The molecule has 0 radical (unpaired) electrons. The smallest absolute Gasteiger partial charge is 0.303 e. The van der Waals surface area contributed by atoms with Gasteiger partial charge >= 0.3 is 5.97 Å². The van der Waals surface area contributed by atoms with E-state index in [9.17, 15) is 4.79 Å². The molecule has 1 N–H and O–H groups in total. The van der Waals surface area contributed by atoms with Gasteiger partial charge in [-0.25, -0.2) is 4.68 Å². The van der Waals surface area contributed by atoms with E-state index in [-0.39, 0.29) is 6.42 Å². The monoisotopic (exact) mass is 411 g/mol. The molecule has 0 spiro atoms. The Bertz CT molecular complexity index is 966. The van der Waals surface area contributed by atoms with Gasteiger partial charge in [0.05, 0.1) is 19.2 Å². The first-order valence-electron chi connectivity index (χ1n) is 10.3. The molecule has 30 heavy (non-hydrogen) atoms. The van der Waals surface area contributed by atoms with Crippen LogP contribution in [0.3, 0.4) is 0 Å². The van der Waals surface area contributed by atoms with Gasteiger partial charge in [-0.2, -0.15) is 0 Å². The van der Waals surface area contributed by atoms with E-state index < -0.39 is 5.97 Å². The van der Waals surface area contributed by atoms with Crippen LogP contribution in [0, 0.1) is 6.92 Å². The third-order valence-electron chi connectivity index (χ3n) is 5.25. The van der Waals surface area contributed by atoms with Crippen molar-refractivity contribution < 1.29 is 19.4 Å². The first-order chi connectivity index (χ1) is 14.6. The molecule has 0 saturated carbocycles. The molecule has 0 aliphatic rings. The number of carboxylic acid groups (broad SMARTS) is 1. The zero-order valence-electron chi connectivity index (χ0n) is 17.6. The zero-order chi connectivity index (χ0) is 21.3. The van der Waals surface area contributed by atoms with Crippen molar-refractivity contribution >= 4 is 17.0 Å². The molecule has 2 aromatic carbocycles. The lowest BCUT2D eigenvalue weighted by atomic mass is 10.0. The number of nitrogens with zero attached hydrogens (tertiary/aromatic N) is 3. The van der Waals surface area contributed by atoms with Crippen molar-refractivity contribution in [2.24, 2.45) is 0 Å². The lowest BCUT2D eigenvalue weighted by Gasteiger charge is -2.07. The fourth-order valence-electron chi connectivity index (χ4n) is 3.44. The van der Waals surface area contributed by atoms with E-state index >= 15 is 0 Å². The van der Waals surface area contributed by atoms with Gasteiger partial charge < -0.3 is 14.6 Å². The minimum Gasteiger partial charge on any atom is -0.497 e. The highest BCUT2D eigenvalue weighted by molar-refractivity contribution is 5.79. The number of ether oxygens (including phenoxy) is 2. The van der Waals surface area contributed by atoms with Crippen LogP contribution >= 0.6 is 0 Å². The first kappa shape index (κ1) is 21.8. The number of unbranched alkanes of at least 4 members (excludes halogenated alkanes) is 2. The van der Waals surface area contributed by atoms with Gasteiger partial charge in [0, 0.05) is 19.6 Å². The molecule has 0 aliphatic carbocycles. The number of hydrogen-bond donors (Lipinski definition) is 1. The second-order valence-corrected chi connectivity index (χ2v) is 7.39. The van der Waals surface area contributed by atoms with E-state index in [1.807, 2.05) is 48.0 Å². The van der Waals surface area contributed by atoms with Crippen LogP contribution in [0.2, 0.25) is 0 Å². The van der Waals surface area contributed by atoms with Crippen LogP contribution in [-0.4, -0.2) is 39.8 Å². The Kier molecular flexibility index (Phi) is 7.79. The van der Waals surface area contributed by atoms with Crippen LogP contribution in [0.5, 0.6) is 5.75 Å². The van der Waals surface area contributed by atoms with Crippen molar-refractivity contribution in [1.29, 1.82) is 0 Å². The number of aromatic nitrogens is 3. The van der Waals surface area contributed by atoms with Gasteiger partial charge in [0.15, 0.2) is 0 Å². The molecule has 1 heterocycles. The van der Waals surface area contributed by atoms with Crippen LogP contribution in [-0.2, 0) is 29.1 Å². The maximum Gasteiger partial charge on any atom is 0.303 e. The molecule has 0 unspecified atom stereocenters. The zero-order valence-corrected chi connectivity index (χ0v) is 17.6. The van der Waals surface area contributed by atoms with E-state index in [4.69, 9.17) is 14.6 Å². The summed E-state index contributed by atoms with van der Waals surface area (Å²) in [6.45, 7) is 4.14. The molecule has 0 atom stereocenters. The van der Waals surface area contributed by atoms with Gasteiger partial charge in [-0.15, -0.1) is 5.10 Å². The van der Waals surface area contributed by atoms with E-state index in [1.165, 1.54) is 0 Å². The number of fused-ring (bicyclic) bond motifs is 1. The Balaban J connectivity index is 1.40. The highest BCUT2D eigenvalue weighted by atomic mass is 16.5. The Morgan fingerprint density at radius 1 is 1.10 bits per heavy atom. The maximum atomic E-state index is 10.8. The van der Waals surface area contributed by atoms with Crippen molar-refractivity contribution in [3.63, 3.8) is 0 Å². The van der Waals surface area contributed by atoms with Crippen molar-refractivity contribution in [3.05, 3.63) is 53.1 Å². The summed E-state index contributed by atoms with van der Waals surface area (Å²) >= 11 is 0. The topological polar surface area (TPSA) is 86.5 Å². The maximum absolute atomic E-state index is 10.8. The van der Waals surface area contributed by atoms with Gasteiger partial charge in [-0.1, -0.05) is 23.4 Å². The van der Waals surface area contributed by atoms with Gasteiger partial charge in [-0.05, 0) is 67.5 Å². The van der Waals surface area contributed by atoms with Crippen molar-refractivity contribution in [2.45, 2.75) is 52.2 Å². The van der Waals surface area contributed by atoms with Gasteiger partial charge in [0.1, 0.15) is 11.3 Å². The van der Waals surface area contributed by atoms with Crippen LogP contribution in [0.25, 0.3) is 11.0 Å². The highest BCUT2D eigenvalue weighted by Gasteiger charge is 2.11. The normalized spacial score (nSPS) is 11.1. The number of aliphatic carboxylic acids is 1. The molecule has 7 nitrogen and oxygen atoms in total. The Morgan fingerprint density at radius 3 is 2.63 bits per heavy atom. The number of hydrogen-bond acceptors (Lipinski definition) is 5. The summed E-state index contributed by atoms with van der Waals surface area (Å²) in [4.78, 5) is 10.8. The summed E-state index contributed by atoms with van der Waals surface area (Å²) in [5, 5.41) is 17.5. The minimum atomic E-state index is -0.786. The highest BCUT2D eigenvalue weighted by Crippen LogP contribution is 2.21. The predicted molar refractivity (Wildman–Crippen MR) is 115 cm³/mol. The molecule has 1 aromatic heterocycles. The number of rotatable bonds is 12. The molecule has 160 valence electrons. The molecule has 7 heteroatoms. The molecule has 3 aromatic rings. The second kappa shape index (κ2) is 10.7. The molecular weight excluding hydrogens is 382 g/mol. The molecule has 0 amide bonds. The summed E-state index contributed by atoms with van der Waals surface area (Å²) in [6, 6.07) is 11.9. The van der Waals surface area contributed by atoms with Crippen molar-refractivity contribution in [2.75, 3.05) is 13.7 Å². The van der Waals surface area contributed by atoms with E-state index in [0.717, 1.165) is 65.9 Å². The van der Waals surface area contributed by atoms with Gasteiger partial charge in [0.25, 0.3) is 0 Å². The van der Waals surface area contributed by atoms with Crippen molar-refractivity contribution in [1.82, 2.24) is 15.0 Å². The van der Waals surface area contributed by atoms with Gasteiger partial charge in [-0.3, -0.25) is 4.79 Å². The predicted octanol–water partition coefficient (Wildman–Crippen LogP) is 4.15. The summed E-state index contributed by atoms with van der Waals surface area (Å²) in [5.41, 5.74) is 5.05. The molecular formula is C23H29N3O4. The first-order valence-corrected chi connectivity index (χ1v) is 10.3. The van der Waals surface area contributed by atoms with Crippen LogP contribution < -0.4 is 4.74 Å². The number of aryl methyl sites for hydroxylation is 3. The molecule has 0 aliphatic heterocycles. The molecule has 0 fully saturated rings. The van der Waals surface area contributed by atoms with Crippen molar-refractivity contribution in [3.8, 4) is 5.75 Å². The molecule has 0 bridgehead atoms. The van der Waals surface area contributed by atoms with Crippen LogP contribution in [0.4, 0.5) is 0 Å². The SMILES string of the molecule is COc1ccc(COCCCCCn2nnc3c(C)c(CCC(=O)O)ccc32)cc1. The fraction of sp³-hybridized carbons (Fsp3) is 0.435. The molecule has 3 rings (SSSR count). The molecule has 0 saturated heterocycles. The average Bonchev–Trinajstić information content (AvgIpc) is 3.16. The number of benzene rings is 2. The lowest BCUT2D eigenvalue weighted by molar-refractivity contribution is -0.136. The van der Waals surface area contributed by atoms with Crippen LogP contribution in [0.1, 0.15) is 42.4 Å². The third kappa shape index (κ3) is 5.79. The second-order valence-electron chi connectivity index (χ2n) is 7.39. The Morgan fingerprint density at radius 2 is 1.90 bits per heavy atom. The van der Waals surface area contributed by atoms with Gasteiger partial charge in [0.2, 0.25) is 0 Å². The number of carboxylic acids is 1. The average molecular weight is 412 g/mol. The summed E-state index contributed by atoms with van der Waals surface area (Å²) in [6.07, 6.45) is 3.70. The summed E-state index contributed by atoms with van der Waals surface area (Å²) < 4.78 is 12.8. The quantitative estimate of drug-likeness (QED) is 0.451. The van der Waals surface area contributed by atoms with E-state index in [2.05, 4.69) is 10.3 Å². The number of methoxy groups -OCH3 is 1. The van der Waals surface area contributed by atoms with E-state index in [0.29, 0.717) is 13.0 Å².